The molecule has 1 saturated heterocycles. The number of piperidine rings is 1. The number of nitrogens with zero attached hydrogens (tertiary/aromatic N) is 2. The van der Waals surface area contributed by atoms with E-state index in [-0.39, 0.29) is 57.3 Å². The molecule has 0 saturated carbocycles. The molecule has 0 unspecified atom stereocenters. The minimum absolute atomic E-state index is 0.00733. The number of aliphatic carboxylic acids is 1. The summed E-state index contributed by atoms with van der Waals surface area (Å²) in [5.74, 6) is -1.01. The molecule has 0 aromatic heterocycles. The predicted octanol–water partition coefficient (Wildman–Crippen LogP) is 0.240. The average molecular weight is 348 g/mol. The summed E-state index contributed by atoms with van der Waals surface area (Å²) < 4.78 is 5.36. The van der Waals surface area contributed by atoms with Gasteiger partial charge in [-0.25, -0.2) is 4.79 Å². The zero-order chi connectivity index (χ0) is 18.0. The quantitative estimate of drug-likeness (QED) is 0.807. The van der Waals surface area contributed by atoms with Gasteiger partial charge in [-0.3, -0.25) is 9.59 Å². The minimum atomic E-state index is -1.75. The Morgan fingerprint density at radius 3 is 2.56 bits per heavy atom. The van der Waals surface area contributed by atoms with Crippen molar-refractivity contribution in [1.82, 2.24) is 4.90 Å². The van der Waals surface area contributed by atoms with Crippen LogP contribution in [0.5, 0.6) is 5.75 Å². The van der Waals surface area contributed by atoms with Crippen LogP contribution in [0.2, 0.25) is 0 Å². The van der Waals surface area contributed by atoms with Crippen LogP contribution in [-0.4, -0.2) is 64.7 Å². The van der Waals surface area contributed by atoms with E-state index in [0.29, 0.717) is 11.4 Å². The van der Waals surface area contributed by atoms with Crippen molar-refractivity contribution in [2.75, 3.05) is 31.1 Å². The van der Waals surface area contributed by atoms with E-state index in [1.54, 1.807) is 18.2 Å². The fourth-order valence-electron chi connectivity index (χ4n) is 3.10. The molecule has 3 rings (SSSR count). The highest BCUT2D eigenvalue weighted by Crippen LogP contribution is 2.31. The first-order valence-electron chi connectivity index (χ1n) is 8.16. The topological polar surface area (TPSA) is 107 Å². The number of rotatable bonds is 4. The molecule has 1 aromatic rings. The molecule has 0 atom stereocenters. The van der Waals surface area contributed by atoms with Gasteiger partial charge in [0.1, 0.15) is 5.75 Å². The first-order chi connectivity index (χ1) is 11.9. The van der Waals surface area contributed by atoms with Crippen LogP contribution >= 0.6 is 0 Å². The number of para-hydroxylation sites is 2. The molecule has 25 heavy (non-hydrogen) atoms. The summed E-state index contributed by atoms with van der Waals surface area (Å²) in [6.07, 6.45) is 0.145. The lowest BCUT2D eigenvalue weighted by Crippen LogP contribution is -2.51. The van der Waals surface area contributed by atoms with Gasteiger partial charge >= 0.3 is 5.97 Å². The lowest BCUT2D eigenvalue weighted by molar-refractivity contribution is -0.165. The molecule has 8 heteroatoms. The van der Waals surface area contributed by atoms with Gasteiger partial charge in [-0.05, 0) is 12.1 Å². The molecule has 0 spiro atoms. The Morgan fingerprint density at radius 1 is 1.20 bits per heavy atom. The maximum absolute atomic E-state index is 12.4. The third-order valence-electron chi connectivity index (χ3n) is 4.70. The second-order valence-corrected chi connectivity index (χ2v) is 6.27. The van der Waals surface area contributed by atoms with Crippen LogP contribution in [0, 0.1) is 0 Å². The number of carboxylic acids is 1. The second-order valence-electron chi connectivity index (χ2n) is 6.27. The Kier molecular flexibility index (Phi) is 4.63. The van der Waals surface area contributed by atoms with Gasteiger partial charge in [0.05, 0.1) is 5.69 Å². The normalized spacial score (nSPS) is 19.2. The van der Waals surface area contributed by atoms with Gasteiger partial charge in [0.25, 0.3) is 5.91 Å². The number of carbonyl (C=O) groups excluding carboxylic acids is 2. The highest BCUT2D eigenvalue weighted by Gasteiger charge is 2.40. The number of carboxylic acid groups (broad SMARTS) is 1. The summed E-state index contributed by atoms with van der Waals surface area (Å²) in [5.41, 5.74) is -1.11. The molecule has 2 aliphatic heterocycles. The van der Waals surface area contributed by atoms with E-state index < -0.39 is 11.6 Å². The van der Waals surface area contributed by atoms with Gasteiger partial charge in [0.15, 0.2) is 12.2 Å². The van der Waals surface area contributed by atoms with Crippen molar-refractivity contribution in [1.29, 1.82) is 0 Å². The van der Waals surface area contributed by atoms with Crippen LogP contribution in [0.15, 0.2) is 24.3 Å². The van der Waals surface area contributed by atoms with E-state index in [2.05, 4.69) is 0 Å². The number of carbonyl (C=O) groups is 3. The van der Waals surface area contributed by atoms with Crippen molar-refractivity contribution in [3.05, 3.63) is 24.3 Å². The molecule has 2 heterocycles. The molecule has 8 nitrogen and oxygen atoms in total. The number of benzene rings is 1. The third-order valence-corrected chi connectivity index (χ3v) is 4.70. The maximum Gasteiger partial charge on any atom is 0.335 e. The van der Waals surface area contributed by atoms with Gasteiger partial charge in [0.2, 0.25) is 5.91 Å². The Hall–Kier alpha value is -2.61. The summed E-state index contributed by atoms with van der Waals surface area (Å²) in [6.45, 7) is 0.558. The molecule has 2 amide bonds. The Balaban J connectivity index is 1.58. The lowest BCUT2D eigenvalue weighted by Gasteiger charge is -2.36. The lowest BCUT2D eigenvalue weighted by atomic mass is 9.91. The number of amides is 2. The molecular formula is C17H20N2O6. The summed E-state index contributed by atoms with van der Waals surface area (Å²) in [6, 6.07) is 7.15. The molecular weight excluding hydrogens is 328 g/mol. The summed E-state index contributed by atoms with van der Waals surface area (Å²) in [7, 11) is 0. The van der Waals surface area contributed by atoms with Gasteiger partial charge in [-0.15, -0.1) is 0 Å². The van der Waals surface area contributed by atoms with Crippen LogP contribution in [0.3, 0.4) is 0 Å². The largest absolute Gasteiger partial charge is 0.482 e. The van der Waals surface area contributed by atoms with E-state index in [1.807, 2.05) is 6.07 Å². The predicted molar refractivity (Wildman–Crippen MR) is 87.3 cm³/mol. The molecule has 1 fully saturated rings. The van der Waals surface area contributed by atoms with E-state index in [0.717, 1.165) is 0 Å². The van der Waals surface area contributed by atoms with Gasteiger partial charge in [-0.1, -0.05) is 12.1 Å². The molecule has 0 bridgehead atoms. The molecule has 0 aliphatic carbocycles. The van der Waals surface area contributed by atoms with E-state index in [1.165, 1.54) is 9.80 Å². The van der Waals surface area contributed by atoms with Crippen LogP contribution in [0.1, 0.15) is 19.3 Å². The highest BCUT2D eigenvalue weighted by atomic mass is 16.5. The van der Waals surface area contributed by atoms with Gasteiger partial charge < -0.3 is 24.7 Å². The number of fused-ring (bicyclic) bond motifs is 1. The zero-order valence-electron chi connectivity index (χ0n) is 13.7. The summed E-state index contributed by atoms with van der Waals surface area (Å²) in [5, 5.41) is 18.9. The maximum atomic E-state index is 12.4. The standard InChI is InChI=1S/C17H20N2O6/c20-14(18-9-6-17(24,7-10-18)16(22)23)5-8-19-12-3-1-2-4-13(12)25-11-15(19)21/h1-4,24H,5-11H2,(H,22,23). The van der Waals surface area contributed by atoms with Crippen molar-refractivity contribution in [3.63, 3.8) is 0 Å². The van der Waals surface area contributed by atoms with Gasteiger partial charge in [-0.2, -0.15) is 0 Å². The number of aliphatic hydroxyl groups is 1. The SMILES string of the molecule is O=C(CCN1C(=O)COc2ccccc21)N1CCC(O)(C(=O)O)CC1. The molecule has 134 valence electrons. The number of hydrogen-bond donors (Lipinski definition) is 2. The zero-order valence-corrected chi connectivity index (χ0v) is 13.7. The number of hydrogen-bond acceptors (Lipinski definition) is 5. The van der Waals surface area contributed by atoms with Crippen LogP contribution < -0.4 is 9.64 Å². The third kappa shape index (κ3) is 3.43. The van der Waals surface area contributed by atoms with E-state index in [4.69, 9.17) is 9.84 Å². The molecule has 2 aliphatic rings. The Morgan fingerprint density at radius 2 is 1.88 bits per heavy atom. The van der Waals surface area contributed by atoms with Crippen LogP contribution in [-0.2, 0) is 14.4 Å². The number of ether oxygens (including phenoxy) is 1. The van der Waals surface area contributed by atoms with Crippen molar-refractivity contribution in [3.8, 4) is 5.75 Å². The van der Waals surface area contributed by atoms with Crippen LogP contribution in [0.25, 0.3) is 0 Å². The summed E-state index contributed by atoms with van der Waals surface area (Å²) >= 11 is 0. The minimum Gasteiger partial charge on any atom is -0.482 e. The smallest absolute Gasteiger partial charge is 0.335 e. The molecule has 1 aromatic carbocycles. The van der Waals surface area contributed by atoms with Gasteiger partial charge in [0, 0.05) is 38.9 Å². The fourth-order valence-corrected chi connectivity index (χ4v) is 3.10. The van der Waals surface area contributed by atoms with E-state index >= 15 is 0 Å². The first-order valence-corrected chi connectivity index (χ1v) is 8.16. The van der Waals surface area contributed by atoms with Crippen molar-refractivity contribution in [2.24, 2.45) is 0 Å². The number of anilines is 1. The van der Waals surface area contributed by atoms with Crippen molar-refractivity contribution >= 4 is 23.5 Å². The Bertz CT molecular complexity index is 696. The van der Waals surface area contributed by atoms with E-state index in [9.17, 15) is 19.5 Å². The molecule has 2 N–H and O–H groups in total. The average Bonchev–Trinajstić information content (AvgIpc) is 2.61. The van der Waals surface area contributed by atoms with Crippen molar-refractivity contribution < 1.29 is 29.3 Å². The second kappa shape index (κ2) is 6.72. The van der Waals surface area contributed by atoms with Crippen molar-refractivity contribution in [2.45, 2.75) is 24.9 Å². The first kappa shape index (κ1) is 17.2. The monoisotopic (exact) mass is 348 g/mol. The highest BCUT2D eigenvalue weighted by molar-refractivity contribution is 5.98. The van der Waals surface area contributed by atoms with Crippen LogP contribution in [0.4, 0.5) is 5.69 Å². The fraction of sp³-hybridized carbons (Fsp3) is 0.471. The number of likely N-dealkylation sites (tertiary alicyclic amines) is 1. The Labute approximate surface area is 144 Å². The molecule has 0 radical (unpaired) electrons. The summed E-state index contributed by atoms with van der Waals surface area (Å²) in [4.78, 5) is 38.6.